The molecule has 0 nitrogen and oxygen atoms in total. The van der Waals surface area contributed by atoms with E-state index in [1.54, 1.807) is 0 Å². The van der Waals surface area contributed by atoms with Crippen molar-refractivity contribution in [2.24, 2.45) is 0 Å². The van der Waals surface area contributed by atoms with Crippen molar-refractivity contribution in [1.29, 1.82) is 0 Å². The molecule has 226 valence electrons. The molecule has 48 heavy (non-hydrogen) atoms. The fourth-order valence-corrected chi connectivity index (χ4v) is 7.67. The van der Waals surface area contributed by atoms with E-state index in [4.69, 9.17) is 0 Å². The molecule has 0 saturated carbocycles. The average Bonchev–Trinajstić information content (AvgIpc) is 3.13. The van der Waals surface area contributed by atoms with Gasteiger partial charge in [-0.15, -0.1) is 0 Å². The molecule has 0 fully saturated rings. The van der Waals surface area contributed by atoms with Gasteiger partial charge >= 0.3 is 0 Å². The Bertz CT molecular complexity index is 2460. The van der Waals surface area contributed by atoms with Crippen LogP contribution in [0.3, 0.4) is 0 Å². The van der Waals surface area contributed by atoms with E-state index in [1.807, 2.05) is 0 Å². The lowest BCUT2D eigenvalue weighted by Crippen LogP contribution is -1.93. The van der Waals surface area contributed by atoms with E-state index in [9.17, 15) is 0 Å². The highest BCUT2D eigenvalue weighted by atomic mass is 14.2. The van der Waals surface area contributed by atoms with E-state index in [-0.39, 0.29) is 0 Å². The van der Waals surface area contributed by atoms with E-state index in [1.165, 1.54) is 98.7 Å². The molecule has 0 saturated heterocycles. The predicted molar refractivity (Wildman–Crippen MR) is 208 cm³/mol. The minimum atomic E-state index is 1.24. The maximum Gasteiger partial charge on any atom is -0.00263 e. The summed E-state index contributed by atoms with van der Waals surface area (Å²) in [6.45, 7) is 4.40. The second-order valence-electron chi connectivity index (χ2n) is 13.1. The highest BCUT2D eigenvalue weighted by molar-refractivity contribution is 6.21. The fourth-order valence-electron chi connectivity index (χ4n) is 7.67. The molecule has 0 unspecified atom stereocenters. The number of hydrogen-bond donors (Lipinski definition) is 0. The summed E-state index contributed by atoms with van der Waals surface area (Å²) >= 11 is 0. The van der Waals surface area contributed by atoms with Crippen molar-refractivity contribution in [1.82, 2.24) is 0 Å². The van der Waals surface area contributed by atoms with Gasteiger partial charge in [0.1, 0.15) is 0 Å². The Balaban J connectivity index is 1.23. The van der Waals surface area contributed by atoms with Crippen molar-refractivity contribution in [3.05, 3.63) is 181 Å². The van der Waals surface area contributed by atoms with Gasteiger partial charge in [-0.3, -0.25) is 0 Å². The maximum atomic E-state index is 2.37. The van der Waals surface area contributed by atoms with Crippen LogP contribution in [0.2, 0.25) is 0 Å². The molecular weight excluding hydrogens is 577 g/mol. The third-order valence-electron chi connectivity index (χ3n) is 9.98. The molecule has 0 aromatic heterocycles. The van der Waals surface area contributed by atoms with Gasteiger partial charge in [0.05, 0.1) is 0 Å². The van der Waals surface area contributed by atoms with Gasteiger partial charge in [-0.1, -0.05) is 181 Å². The molecule has 0 amide bonds. The molecule has 0 aliphatic rings. The van der Waals surface area contributed by atoms with Crippen LogP contribution < -0.4 is 0 Å². The molecule has 9 rings (SSSR count). The molecule has 0 N–H and O–H groups in total. The summed E-state index contributed by atoms with van der Waals surface area (Å²) in [5, 5.41) is 10.2. The van der Waals surface area contributed by atoms with Crippen molar-refractivity contribution in [2.45, 2.75) is 13.8 Å². The van der Waals surface area contributed by atoms with E-state index >= 15 is 0 Å². The minimum absolute atomic E-state index is 1.24. The lowest BCUT2D eigenvalue weighted by molar-refractivity contribution is 1.49. The first-order valence-corrected chi connectivity index (χ1v) is 16.8. The van der Waals surface area contributed by atoms with E-state index in [0.717, 1.165) is 0 Å². The number of aryl methyl sites for hydroxylation is 2. The van der Waals surface area contributed by atoms with Crippen LogP contribution in [-0.4, -0.2) is 0 Å². The zero-order chi connectivity index (χ0) is 32.2. The van der Waals surface area contributed by atoms with Crippen molar-refractivity contribution >= 4 is 43.1 Å². The monoisotopic (exact) mass is 610 g/mol. The fraction of sp³-hybridized carbons (Fsp3) is 0.0417. The van der Waals surface area contributed by atoms with Crippen LogP contribution in [0.15, 0.2) is 170 Å². The van der Waals surface area contributed by atoms with Crippen LogP contribution in [-0.2, 0) is 0 Å². The zero-order valence-corrected chi connectivity index (χ0v) is 27.2. The standard InChI is InChI=1S/C48H34/c1-31-17-27-43-45(29-31)47(37-23-19-35(20-24-37)41-15-7-11-33-9-3-5-13-39(33)41)44-28-18-32(2)30-46(44)48(43)38-25-21-36(22-26-38)42-16-8-12-34-10-4-6-14-40(34)42/h3-30H,1-2H3. The summed E-state index contributed by atoms with van der Waals surface area (Å²) in [7, 11) is 0. The van der Waals surface area contributed by atoms with Gasteiger partial charge in [0.2, 0.25) is 0 Å². The highest BCUT2D eigenvalue weighted by Crippen LogP contribution is 2.45. The highest BCUT2D eigenvalue weighted by Gasteiger charge is 2.18. The molecule has 9 aromatic rings. The van der Waals surface area contributed by atoms with Crippen molar-refractivity contribution < 1.29 is 0 Å². The zero-order valence-electron chi connectivity index (χ0n) is 27.2. The first-order chi connectivity index (χ1) is 23.6. The van der Waals surface area contributed by atoms with Crippen LogP contribution in [0.5, 0.6) is 0 Å². The quantitative estimate of drug-likeness (QED) is 0.174. The van der Waals surface area contributed by atoms with Crippen LogP contribution in [0.4, 0.5) is 0 Å². The number of hydrogen-bond acceptors (Lipinski definition) is 0. The summed E-state index contributed by atoms with van der Waals surface area (Å²) in [6.07, 6.45) is 0. The van der Waals surface area contributed by atoms with Crippen LogP contribution in [0.1, 0.15) is 11.1 Å². The van der Waals surface area contributed by atoms with Gasteiger partial charge < -0.3 is 0 Å². The molecule has 9 aromatic carbocycles. The maximum absolute atomic E-state index is 2.37. The van der Waals surface area contributed by atoms with Gasteiger partial charge in [0.15, 0.2) is 0 Å². The van der Waals surface area contributed by atoms with Gasteiger partial charge in [0, 0.05) is 0 Å². The Labute approximate surface area is 281 Å². The van der Waals surface area contributed by atoms with E-state index in [2.05, 4.69) is 184 Å². The smallest absolute Gasteiger partial charge is 0.00263 e. The molecule has 0 spiro atoms. The molecular formula is C48H34. The summed E-state index contributed by atoms with van der Waals surface area (Å²) in [6, 6.07) is 62.8. The Morgan fingerprint density at radius 1 is 0.271 bits per heavy atom. The van der Waals surface area contributed by atoms with E-state index < -0.39 is 0 Å². The topological polar surface area (TPSA) is 0 Å². The Kier molecular flexibility index (Phi) is 6.69. The number of rotatable bonds is 4. The summed E-state index contributed by atoms with van der Waals surface area (Å²) in [4.78, 5) is 0. The number of benzene rings is 9. The molecule has 0 aliphatic carbocycles. The normalized spacial score (nSPS) is 11.5. The van der Waals surface area contributed by atoms with Crippen LogP contribution in [0, 0.1) is 13.8 Å². The third-order valence-corrected chi connectivity index (χ3v) is 9.98. The Morgan fingerprint density at radius 3 is 1.08 bits per heavy atom. The van der Waals surface area contributed by atoms with Crippen molar-refractivity contribution in [3.8, 4) is 44.5 Å². The second kappa shape index (κ2) is 11.4. The first kappa shape index (κ1) is 28.3. The molecule has 0 bridgehead atoms. The van der Waals surface area contributed by atoms with Crippen LogP contribution >= 0.6 is 0 Å². The van der Waals surface area contributed by atoms with Crippen molar-refractivity contribution in [2.75, 3.05) is 0 Å². The summed E-state index contributed by atoms with van der Waals surface area (Å²) in [5.41, 5.74) is 12.6. The lowest BCUT2D eigenvalue weighted by Gasteiger charge is -2.19. The largest absolute Gasteiger partial charge is 0.0616 e. The van der Waals surface area contributed by atoms with Gasteiger partial charge in [-0.2, -0.15) is 0 Å². The van der Waals surface area contributed by atoms with E-state index in [0.29, 0.717) is 0 Å². The third kappa shape index (κ3) is 4.69. The second-order valence-corrected chi connectivity index (χ2v) is 13.1. The molecule has 0 aliphatic heterocycles. The molecule has 0 atom stereocenters. The summed E-state index contributed by atoms with van der Waals surface area (Å²) in [5.74, 6) is 0. The number of fused-ring (bicyclic) bond motifs is 4. The van der Waals surface area contributed by atoms with Gasteiger partial charge in [-0.25, -0.2) is 0 Å². The van der Waals surface area contributed by atoms with Crippen molar-refractivity contribution in [3.63, 3.8) is 0 Å². The molecule has 0 radical (unpaired) electrons. The van der Waals surface area contributed by atoms with Crippen LogP contribution in [0.25, 0.3) is 87.6 Å². The predicted octanol–water partition coefficient (Wildman–Crippen LogP) is 13.6. The summed E-state index contributed by atoms with van der Waals surface area (Å²) < 4.78 is 0. The molecule has 0 heteroatoms. The van der Waals surface area contributed by atoms with Gasteiger partial charge in [-0.05, 0) is 101 Å². The SMILES string of the molecule is Cc1ccc2c(-c3ccc(-c4cccc5ccccc45)cc3)c3cc(C)ccc3c(-c3ccc(-c4cccc5ccccc45)cc3)c2c1. The minimum Gasteiger partial charge on any atom is -0.0616 e. The first-order valence-electron chi connectivity index (χ1n) is 16.8. The average molecular weight is 611 g/mol. The Morgan fingerprint density at radius 2 is 0.646 bits per heavy atom. The molecule has 0 heterocycles. The Hall–Kier alpha value is -5.98. The van der Waals surface area contributed by atoms with Gasteiger partial charge in [0.25, 0.3) is 0 Å². The lowest BCUT2D eigenvalue weighted by atomic mass is 9.84.